The lowest BCUT2D eigenvalue weighted by atomic mass is 9.98. The molecule has 2 rings (SSSR count). The van der Waals surface area contributed by atoms with Gasteiger partial charge in [0.2, 0.25) is 0 Å². The molecule has 0 bridgehead atoms. The summed E-state index contributed by atoms with van der Waals surface area (Å²) in [6.07, 6.45) is -0.210. The van der Waals surface area contributed by atoms with Crippen LogP contribution in [-0.2, 0) is 11.2 Å². The average Bonchev–Trinajstić information content (AvgIpc) is 2.61. The number of aliphatic carboxylic acids is 1. The standard InChI is InChI=1S/C12H12N2O4/c1-5-3-7-8(4-9(15)16)13-14-11(7)10(6(5)2)12(17)18/h3H,4H2,1-2H3,(H,13,14)(H,15,16)(H,17,18). The normalized spacial score (nSPS) is 10.8. The number of carboxylic acid groups (broad SMARTS) is 2. The first-order valence-corrected chi connectivity index (χ1v) is 5.34. The minimum atomic E-state index is -1.06. The van der Waals surface area contributed by atoms with Gasteiger partial charge < -0.3 is 10.2 Å². The number of hydrogen-bond donors (Lipinski definition) is 3. The van der Waals surface area contributed by atoms with Crippen molar-refractivity contribution in [2.75, 3.05) is 0 Å². The van der Waals surface area contributed by atoms with E-state index in [0.717, 1.165) is 5.56 Å². The predicted octanol–water partition coefficient (Wildman–Crippen LogP) is 1.51. The highest BCUT2D eigenvalue weighted by atomic mass is 16.4. The Morgan fingerprint density at radius 1 is 1.33 bits per heavy atom. The number of aromatic amines is 1. The average molecular weight is 248 g/mol. The molecule has 1 aromatic heterocycles. The second-order valence-electron chi connectivity index (χ2n) is 4.17. The number of carbonyl (C=O) groups is 2. The summed E-state index contributed by atoms with van der Waals surface area (Å²) in [5, 5.41) is 25.1. The summed E-state index contributed by atoms with van der Waals surface area (Å²) in [6, 6.07) is 1.76. The van der Waals surface area contributed by atoms with Crippen LogP contribution in [0.2, 0.25) is 0 Å². The molecule has 6 heteroatoms. The third kappa shape index (κ3) is 1.81. The fraction of sp³-hybridized carbons (Fsp3) is 0.250. The van der Waals surface area contributed by atoms with Crippen molar-refractivity contribution in [1.82, 2.24) is 10.2 Å². The van der Waals surface area contributed by atoms with E-state index in [1.54, 1.807) is 19.9 Å². The van der Waals surface area contributed by atoms with Crippen LogP contribution in [0.25, 0.3) is 10.9 Å². The maximum atomic E-state index is 11.2. The van der Waals surface area contributed by atoms with Gasteiger partial charge >= 0.3 is 11.9 Å². The Kier molecular flexibility index (Phi) is 2.78. The summed E-state index contributed by atoms with van der Waals surface area (Å²) in [7, 11) is 0. The third-order valence-corrected chi connectivity index (χ3v) is 2.99. The molecule has 0 aliphatic heterocycles. The van der Waals surface area contributed by atoms with Gasteiger partial charge in [-0.05, 0) is 31.0 Å². The van der Waals surface area contributed by atoms with E-state index in [0.29, 0.717) is 22.2 Å². The van der Waals surface area contributed by atoms with Crippen LogP contribution in [0.15, 0.2) is 6.07 Å². The molecule has 1 heterocycles. The van der Waals surface area contributed by atoms with Gasteiger partial charge in [-0.2, -0.15) is 5.10 Å². The van der Waals surface area contributed by atoms with Crippen molar-refractivity contribution in [2.45, 2.75) is 20.3 Å². The molecule has 1 aromatic carbocycles. The minimum Gasteiger partial charge on any atom is -0.481 e. The molecular weight excluding hydrogens is 236 g/mol. The monoisotopic (exact) mass is 248 g/mol. The second kappa shape index (κ2) is 4.14. The largest absolute Gasteiger partial charge is 0.481 e. The van der Waals surface area contributed by atoms with E-state index in [9.17, 15) is 14.7 Å². The zero-order valence-corrected chi connectivity index (χ0v) is 9.94. The molecule has 18 heavy (non-hydrogen) atoms. The molecule has 0 amide bonds. The smallest absolute Gasteiger partial charge is 0.338 e. The molecule has 0 atom stereocenters. The van der Waals surface area contributed by atoms with Gasteiger partial charge in [0.25, 0.3) is 0 Å². The maximum absolute atomic E-state index is 11.2. The molecule has 0 unspecified atom stereocenters. The van der Waals surface area contributed by atoms with E-state index < -0.39 is 11.9 Å². The van der Waals surface area contributed by atoms with Crippen LogP contribution in [0.3, 0.4) is 0 Å². The van der Waals surface area contributed by atoms with Gasteiger partial charge in [0.15, 0.2) is 0 Å². The number of aromatic carboxylic acids is 1. The van der Waals surface area contributed by atoms with E-state index in [1.165, 1.54) is 0 Å². The van der Waals surface area contributed by atoms with Crippen LogP contribution in [0.1, 0.15) is 27.2 Å². The summed E-state index contributed by atoms with van der Waals surface area (Å²) in [5.41, 5.74) is 2.29. The number of rotatable bonds is 3. The van der Waals surface area contributed by atoms with Gasteiger partial charge in [-0.3, -0.25) is 9.89 Å². The van der Waals surface area contributed by atoms with Crippen molar-refractivity contribution in [3.63, 3.8) is 0 Å². The maximum Gasteiger partial charge on any atom is 0.338 e. The van der Waals surface area contributed by atoms with Crippen LogP contribution in [0.5, 0.6) is 0 Å². The Balaban J connectivity index is 2.77. The Bertz CT molecular complexity index is 658. The number of carboxylic acids is 2. The predicted molar refractivity (Wildman–Crippen MR) is 63.9 cm³/mol. The highest BCUT2D eigenvalue weighted by molar-refractivity contribution is 6.04. The fourth-order valence-corrected chi connectivity index (χ4v) is 1.98. The Labute approximate surface area is 102 Å². The van der Waals surface area contributed by atoms with Crippen molar-refractivity contribution >= 4 is 22.8 Å². The molecule has 0 saturated heterocycles. The van der Waals surface area contributed by atoms with Crippen molar-refractivity contribution in [3.8, 4) is 0 Å². The summed E-state index contributed by atoms with van der Waals surface area (Å²) in [6.45, 7) is 3.50. The van der Waals surface area contributed by atoms with Crippen molar-refractivity contribution < 1.29 is 19.8 Å². The van der Waals surface area contributed by atoms with E-state index >= 15 is 0 Å². The first kappa shape index (κ1) is 12.1. The van der Waals surface area contributed by atoms with Crippen molar-refractivity contribution in [3.05, 3.63) is 28.5 Å². The number of fused-ring (bicyclic) bond motifs is 1. The van der Waals surface area contributed by atoms with Crippen molar-refractivity contribution in [1.29, 1.82) is 0 Å². The highest BCUT2D eigenvalue weighted by Crippen LogP contribution is 2.26. The number of benzene rings is 1. The highest BCUT2D eigenvalue weighted by Gasteiger charge is 2.19. The van der Waals surface area contributed by atoms with Crippen LogP contribution in [0.4, 0.5) is 0 Å². The Hall–Kier alpha value is -2.37. The SMILES string of the molecule is Cc1cc2c(CC(=O)O)[nH]nc2c(C(=O)O)c1C. The van der Waals surface area contributed by atoms with Crippen LogP contribution in [0, 0.1) is 13.8 Å². The topological polar surface area (TPSA) is 103 Å². The summed E-state index contributed by atoms with van der Waals surface area (Å²) < 4.78 is 0. The van der Waals surface area contributed by atoms with Gasteiger partial charge in [0, 0.05) is 5.39 Å². The molecule has 0 aliphatic rings. The van der Waals surface area contributed by atoms with E-state index in [-0.39, 0.29) is 12.0 Å². The van der Waals surface area contributed by atoms with Crippen LogP contribution in [-0.4, -0.2) is 32.3 Å². The number of aryl methyl sites for hydroxylation is 1. The lowest BCUT2D eigenvalue weighted by molar-refractivity contribution is -0.136. The van der Waals surface area contributed by atoms with Gasteiger partial charge in [0.1, 0.15) is 5.52 Å². The lowest BCUT2D eigenvalue weighted by Gasteiger charge is -2.06. The Morgan fingerprint density at radius 2 is 2.00 bits per heavy atom. The van der Waals surface area contributed by atoms with Crippen molar-refractivity contribution in [2.24, 2.45) is 0 Å². The zero-order valence-electron chi connectivity index (χ0n) is 9.94. The number of nitrogens with one attached hydrogen (secondary N) is 1. The second-order valence-corrected chi connectivity index (χ2v) is 4.17. The molecule has 6 nitrogen and oxygen atoms in total. The molecule has 0 spiro atoms. The number of hydrogen-bond acceptors (Lipinski definition) is 3. The number of aromatic nitrogens is 2. The molecule has 0 aliphatic carbocycles. The molecule has 2 aromatic rings. The summed E-state index contributed by atoms with van der Waals surface area (Å²) in [4.78, 5) is 22.0. The summed E-state index contributed by atoms with van der Waals surface area (Å²) in [5.74, 6) is -2.05. The van der Waals surface area contributed by atoms with Crippen LogP contribution >= 0.6 is 0 Å². The number of nitrogens with zero attached hydrogens (tertiary/aromatic N) is 1. The van der Waals surface area contributed by atoms with Gasteiger partial charge in [-0.15, -0.1) is 0 Å². The number of H-pyrrole nitrogens is 1. The van der Waals surface area contributed by atoms with E-state index in [2.05, 4.69) is 10.2 Å². The minimum absolute atomic E-state index is 0.123. The molecule has 94 valence electrons. The van der Waals surface area contributed by atoms with E-state index in [4.69, 9.17) is 5.11 Å². The quantitative estimate of drug-likeness (QED) is 0.763. The first-order valence-electron chi connectivity index (χ1n) is 5.34. The first-order chi connectivity index (χ1) is 8.41. The molecule has 3 N–H and O–H groups in total. The molecule has 0 radical (unpaired) electrons. The van der Waals surface area contributed by atoms with Gasteiger partial charge in [-0.25, -0.2) is 4.79 Å². The molecule has 0 saturated carbocycles. The van der Waals surface area contributed by atoms with Gasteiger partial charge in [0.05, 0.1) is 17.7 Å². The Morgan fingerprint density at radius 3 is 2.56 bits per heavy atom. The molecule has 0 fully saturated rings. The van der Waals surface area contributed by atoms with E-state index in [1.807, 2.05) is 0 Å². The fourth-order valence-electron chi connectivity index (χ4n) is 1.98. The zero-order chi connectivity index (χ0) is 13.4. The molecular formula is C12H12N2O4. The van der Waals surface area contributed by atoms with Gasteiger partial charge in [-0.1, -0.05) is 0 Å². The lowest BCUT2D eigenvalue weighted by Crippen LogP contribution is -2.03. The summed E-state index contributed by atoms with van der Waals surface area (Å²) >= 11 is 0. The van der Waals surface area contributed by atoms with Crippen LogP contribution < -0.4 is 0 Å². The third-order valence-electron chi connectivity index (χ3n) is 2.99.